The van der Waals surface area contributed by atoms with Crippen LogP contribution in [0.1, 0.15) is 17.3 Å². The second-order valence-corrected chi connectivity index (χ2v) is 4.91. The molecule has 110 valence electrons. The number of nitrogens with zero attached hydrogens (tertiary/aromatic N) is 1. The Morgan fingerprint density at radius 1 is 1.29 bits per heavy atom. The molecule has 21 heavy (non-hydrogen) atoms. The van der Waals surface area contributed by atoms with Crippen molar-refractivity contribution in [2.24, 2.45) is 0 Å². The van der Waals surface area contributed by atoms with Gasteiger partial charge in [0.1, 0.15) is 10.8 Å². The van der Waals surface area contributed by atoms with Crippen molar-refractivity contribution in [2.45, 2.75) is 6.92 Å². The second-order valence-electron chi connectivity index (χ2n) is 3.88. The number of esters is 1. The number of thiazole rings is 1. The van der Waals surface area contributed by atoms with Gasteiger partial charge in [-0.25, -0.2) is 4.98 Å². The highest BCUT2D eigenvalue weighted by Gasteiger charge is 2.15. The number of hydrogen-bond acceptors (Lipinski definition) is 7. The van der Waals surface area contributed by atoms with Gasteiger partial charge in [0.25, 0.3) is 5.91 Å². The lowest BCUT2D eigenvalue weighted by Gasteiger charge is -2.07. The number of ether oxygens (including phenoxy) is 1. The summed E-state index contributed by atoms with van der Waals surface area (Å²) in [5, 5.41) is 3.69. The Kier molecular flexibility index (Phi) is 4.85. The van der Waals surface area contributed by atoms with Gasteiger partial charge in [0.05, 0.1) is 18.9 Å². The lowest BCUT2D eigenvalue weighted by atomic mass is 10.2. The molecular formula is C13H13N3O4S. The van der Waals surface area contributed by atoms with E-state index in [0.29, 0.717) is 10.1 Å². The highest BCUT2D eigenvalue weighted by atomic mass is 32.1. The summed E-state index contributed by atoms with van der Waals surface area (Å²) in [5.41, 5.74) is 2.87. The summed E-state index contributed by atoms with van der Waals surface area (Å²) >= 11 is 1.21. The molecule has 0 saturated carbocycles. The molecule has 2 N–H and O–H groups in total. The van der Waals surface area contributed by atoms with Crippen LogP contribution in [0.4, 0.5) is 10.1 Å². The average Bonchev–Trinajstić information content (AvgIpc) is 2.86. The van der Waals surface area contributed by atoms with Gasteiger partial charge in [0, 0.05) is 6.92 Å². The standard InChI is InChI=1S/C13H13N3O4S/c1-8(17)20-10-6-4-3-5-9(10)12(18)15-13-14-7-11(21-13)16-19-2/h3-7,16H,1-2H3,(H,14,15,18). The average molecular weight is 307 g/mol. The van der Waals surface area contributed by atoms with Crippen LogP contribution >= 0.6 is 11.3 Å². The van der Waals surface area contributed by atoms with Crippen LogP contribution in [0.2, 0.25) is 0 Å². The van der Waals surface area contributed by atoms with Crippen LogP contribution in [0.5, 0.6) is 5.75 Å². The molecule has 0 fully saturated rings. The minimum absolute atomic E-state index is 0.203. The molecule has 0 unspecified atom stereocenters. The van der Waals surface area contributed by atoms with E-state index in [1.54, 1.807) is 24.3 Å². The van der Waals surface area contributed by atoms with E-state index in [2.05, 4.69) is 15.8 Å². The van der Waals surface area contributed by atoms with E-state index in [1.807, 2.05) is 0 Å². The molecule has 0 aliphatic rings. The van der Waals surface area contributed by atoms with Gasteiger partial charge in [-0.05, 0) is 12.1 Å². The minimum atomic E-state index is -0.490. The molecule has 2 rings (SSSR count). The van der Waals surface area contributed by atoms with Crippen LogP contribution < -0.4 is 15.5 Å². The van der Waals surface area contributed by atoms with Gasteiger partial charge in [-0.15, -0.1) is 0 Å². The Morgan fingerprint density at radius 2 is 2.05 bits per heavy atom. The van der Waals surface area contributed by atoms with Crippen LogP contribution in [0.15, 0.2) is 30.5 Å². The number of carbonyl (C=O) groups excluding carboxylic acids is 2. The summed E-state index contributed by atoms with van der Waals surface area (Å²) in [7, 11) is 1.48. The van der Waals surface area contributed by atoms with Crippen molar-refractivity contribution in [1.29, 1.82) is 0 Å². The molecule has 0 saturated heterocycles. The monoisotopic (exact) mass is 307 g/mol. The van der Waals surface area contributed by atoms with Crippen LogP contribution in [0.25, 0.3) is 0 Å². The molecule has 2 aromatic rings. The van der Waals surface area contributed by atoms with Crippen LogP contribution in [-0.4, -0.2) is 24.0 Å². The largest absolute Gasteiger partial charge is 0.426 e. The first kappa shape index (κ1) is 14.9. The summed E-state index contributed by atoms with van der Waals surface area (Å²) < 4.78 is 5.00. The molecule has 1 aromatic carbocycles. The lowest BCUT2D eigenvalue weighted by molar-refractivity contribution is -0.131. The third kappa shape index (κ3) is 4.01. The Labute approximate surface area is 124 Å². The second kappa shape index (κ2) is 6.82. The van der Waals surface area contributed by atoms with Crippen molar-refractivity contribution in [3.63, 3.8) is 0 Å². The fraction of sp³-hybridized carbons (Fsp3) is 0.154. The van der Waals surface area contributed by atoms with Crippen molar-refractivity contribution < 1.29 is 19.2 Å². The molecule has 0 radical (unpaired) electrons. The Balaban J connectivity index is 2.14. The first-order valence-corrected chi connectivity index (χ1v) is 6.75. The molecule has 1 heterocycles. The molecule has 0 aliphatic carbocycles. The molecule has 0 aliphatic heterocycles. The fourth-order valence-electron chi connectivity index (χ4n) is 1.54. The Morgan fingerprint density at radius 3 is 2.76 bits per heavy atom. The van der Waals surface area contributed by atoms with E-state index in [-0.39, 0.29) is 11.3 Å². The quantitative estimate of drug-likeness (QED) is 0.500. The highest BCUT2D eigenvalue weighted by Crippen LogP contribution is 2.25. The number of rotatable bonds is 5. The van der Waals surface area contributed by atoms with Gasteiger partial charge < -0.3 is 4.74 Å². The third-order valence-electron chi connectivity index (χ3n) is 2.31. The number of aromatic nitrogens is 1. The number of anilines is 2. The zero-order valence-corrected chi connectivity index (χ0v) is 12.2. The van der Waals surface area contributed by atoms with Crippen LogP contribution in [-0.2, 0) is 9.63 Å². The van der Waals surface area contributed by atoms with Gasteiger partial charge in [0.2, 0.25) is 0 Å². The third-order valence-corrected chi connectivity index (χ3v) is 3.12. The van der Waals surface area contributed by atoms with Gasteiger partial charge in [-0.2, -0.15) is 0 Å². The predicted molar refractivity (Wildman–Crippen MR) is 78.4 cm³/mol. The zero-order valence-electron chi connectivity index (χ0n) is 11.4. The highest BCUT2D eigenvalue weighted by molar-refractivity contribution is 7.19. The van der Waals surface area contributed by atoms with Crippen LogP contribution in [0, 0.1) is 0 Å². The number of para-hydroxylation sites is 1. The van der Waals surface area contributed by atoms with Crippen molar-refractivity contribution in [3.05, 3.63) is 36.0 Å². The number of nitrogens with one attached hydrogen (secondary N) is 2. The lowest BCUT2D eigenvalue weighted by Crippen LogP contribution is -2.14. The number of amides is 1. The molecular weight excluding hydrogens is 294 g/mol. The van der Waals surface area contributed by atoms with Crippen molar-refractivity contribution in [2.75, 3.05) is 17.9 Å². The summed E-state index contributed by atoms with van der Waals surface area (Å²) in [6, 6.07) is 6.48. The molecule has 0 bridgehead atoms. The van der Waals surface area contributed by atoms with Gasteiger partial charge in [-0.3, -0.25) is 25.2 Å². The maximum atomic E-state index is 12.2. The molecule has 1 aromatic heterocycles. The maximum absolute atomic E-state index is 12.2. The molecule has 8 heteroatoms. The maximum Gasteiger partial charge on any atom is 0.308 e. The van der Waals surface area contributed by atoms with E-state index >= 15 is 0 Å². The molecule has 0 atom stereocenters. The molecule has 7 nitrogen and oxygen atoms in total. The SMILES string of the molecule is CONc1cnc(NC(=O)c2ccccc2OC(C)=O)s1. The summed E-state index contributed by atoms with van der Waals surface area (Å²) in [5.74, 6) is -0.699. The van der Waals surface area contributed by atoms with Gasteiger partial charge >= 0.3 is 5.97 Å². The van der Waals surface area contributed by atoms with Crippen molar-refractivity contribution in [1.82, 2.24) is 4.98 Å². The van der Waals surface area contributed by atoms with E-state index < -0.39 is 11.9 Å². The smallest absolute Gasteiger partial charge is 0.308 e. The summed E-state index contributed by atoms with van der Waals surface area (Å²) in [6.07, 6.45) is 1.53. The predicted octanol–water partition coefficient (Wildman–Crippen LogP) is 2.29. The van der Waals surface area contributed by atoms with Gasteiger partial charge in [-0.1, -0.05) is 23.5 Å². The zero-order chi connectivity index (χ0) is 15.2. The fourth-order valence-corrected chi connectivity index (χ4v) is 2.23. The Hall–Kier alpha value is -2.45. The molecule has 0 spiro atoms. The van der Waals surface area contributed by atoms with E-state index in [4.69, 9.17) is 9.57 Å². The molecule has 1 amide bonds. The van der Waals surface area contributed by atoms with Crippen molar-refractivity contribution in [3.8, 4) is 5.75 Å². The first-order chi connectivity index (χ1) is 10.1. The number of carbonyl (C=O) groups is 2. The van der Waals surface area contributed by atoms with E-state index in [1.165, 1.54) is 31.6 Å². The summed E-state index contributed by atoms with van der Waals surface area (Å²) in [6.45, 7) is 1.28. The van der Waals surface area contributed by atoms with E-state index in [0.717, 1.165) is 0 Å². The normalized spacial score (nSPS) is 10.0. The van der Waals surface area contributed by atoms with Gasteiger partial charge in [0.15, 0.2) is 5.13 Å². The summed E-state index contributed by atoms with van der Waals surface area (Å²) in [4.78, 5) is 32.0. The van der Waals surface area contributed by atoms with Crippen molar-refractivity contribution >= 4 is 33.3 Å². The first-order valence-electron chi connectivity index (χ1n) is 5.93. The van der Waals surface area contributed by atoms with E-state index in [9.17, 15) is 9.59 Å². The number of hydrogen-bond donors (Lipinski definition) is 2. The minimum Gasteiger partial charge on any atom is -0.426 e. The Bertz CT molecular complexity index is 656. The topological polar surface area (TPSA) is 89.6 Å². The number of benzene rings is 1. The van der Waals surface area contributed by atoms with Crippen LogP contribution in [0.3, 0.4) is 0 Å².